The van der Waals surface area contributed by atoms with E-state index >= 15 is 0 Å². The molecule has 0 aromatic heterocycles. The fourth-order valence-corrected chi connectivity index (χ4v) is 16.2. The summed E-state index contributed by atoms with van der Waals surface area (Å²) in [4.78, 5) is 0. The zero-order valence-electron chi connectivity index (χ0n) is 27.3. The van der Waals surface area contributed by atoms with E-state index in [4.69, 9.17) is 8.85 Å². The van der Waals surface area contributed by atoms with Crippen molar-refractivity contribution in [2.75, 3.05) is 0 Å². The topological polar surface area (TPSA) is 18.5 Å². The second-order valence-corrected chi connectivity index (χ2v) is 22.6. The molecule has 0 N–H and O–H groups in total. The lowest BCUT2D eigenvalue weighted by Gasteiger charge is -2.47. The summed E-state index contributed by atoms with van der Waals surface area (Å²) in [6.07, 6.45) is 1.89. The third-order valence-electron chi connectivity index (χ3n) is 9.23. The first kappa shape index (κ1) is 31.0. The molecule has 4 heteroatoms. The van der Waals surface area contributed by atoms with E-state index in [1.54, 1.807) is 0 Å². The van der Waals surface area contributed by atoms with Crippen LogP contribution in [-0.2, 0) is 8.85 Å². The Balaban J connectivity index is 1.58. The van der Waals surface area contributed by atoms with E-state index in [9.17, 15) is 0 Å². The summed E-state index contributed by atoms with van der Waals surface area (Å²) in [5.74, 6) is 0.901. The van der Waals surface area contributed by atoms with Crippen molar-refractivity contribution in [2.24, 2.45) is 0 Å². The molecule has 228 valence electrons. The molecule has 5 aromatic rings. The molecule has 0 spiro atoms. The summed E-state index contributed by atoms with van der Waals surface area (Å²) in [5, 5.41) is 4.69. The Morgan fingerprint density at radius 3 is 1.20 bits per heavy atom. The highest BCUT2D eigenvalue weighted by atomic mass is 28.4. The van der Waals surface area contributed by atoms with Gasteiger partial charge < -0.3 is 8.85 Å². The van der Waals surface area contributed by atoms with Gasteiger partial charge in [-0.05, 0) is 48.0 Å². The quantitative estimate of drug-likeness (QED) is 0.162. The molecule has 0 fully saturated rings. The van der Waals surface area contributed by atoms with E-state index in [-0.39, 0.29) is 16.2 Å². The molecule has 0 saturated heterocycles. The summed E-state index contributed by atoms with van der Waals surface area (Å²) in [6, 6.07) is 52.2. The van der Waals surface area contributed by atoms with Crippen LogP contribution in [0, 0.1) is 0 Å². The van der Waals surface area contributed by atoms with Gasteiger partial charge in [0, 0.05) is 0 Å². The lowest BCUT2D eigenvalue weighted by atomic mass is 10.1. The molecular formula is C41H44O2Si2. The number of fused-ring (bicyclic) bond motifs is 1. The van der Waals surface area contributed by atoms with Crippen LogP contribution >= 0.6 is 0 Å². The lowest BCUT2D eigenvalue weighted by molar-refractivity contribution is 0.177. The zero-order valence-corrected chi connectivity index (χ0v) is 29.3. The summed E-state index contributed by atoms with van der Waals surface area (Å²) >= 11 is 0. The third kappa shape index (κ3) is 5.46. The van der Waals surface area contributed by atoms with Crippen molar-refractivity contribution < 1.29 is 8.85 Å². The van der Waals surface area contributed by atoms with Gasteiger partial charge in [-0.3, -0.25) is 0 Å². The van der Waals surface area contributed by atoms with Crippen LogP contribution < -0.4 is 20.7 Å². The maximum absolute atomic E-state index is 7.87. The van der Waals surface area contributed by atoms with Crippen molar-refractivity contribution in [3.8, 4) is 0 Å². The average molecular weight is 625 g/mol. The lowest BCUT2D eigenvalue weighted by Crippen LogP contribution is -2.68. The first-order valence-electron chi connectivity index (χ1n) is 16.0. The first-order valence-corrected chi connectivity index (χ1v) is 19.8. The van der Waals surface area contributed by atoms with Crippen molar-refractivity contribution >= 4 is 43.5 Å². The molecule has 0 saturated carbocycles. The Kier molecular flexibility index (Phi) is 8.34. The Morgan fingerprint density at radius 2 is 0.800 bits per heavy atom. The molecule has 1 aliphatic rings. The second-order valence-electron chi connectivity index (χ2n) is 14.1. The van der Waals surface area contributed by atoms with E-state index in [1.165, 1.54) is 26.3 Å². The normalized spacial score (nSPS) is 15.3. The molecule has 0 aliphatic heterocycles. The molecule has 5 aromatic carbocycles. The minimum Gasteiger partial charge on any atom is -0.535 e. The first-order chi connectivity index (χ1) is 21.6. The highest BCUT2D eigenvalue weighted by Crippen LogP contribution is 2.48. The van der Waals surface area contributed by atoms with Crippen LogP contribution in [0.2, 0.25) is 10.1 Å². The predicted molar refractivity (Wildman–Crippen MR) is 195 cm³/mol. The monoisotopic (exact) mass is 624 g/mol. The fourth-order valence-electron chi connectivity index (χ4n) is 7.16. The molecule has 0 amide bonds. The molecule has 45 heavy (non-hydrogen) atoms. The van der Waals surface area contributed by atoms with Gasteiger partial charge in [-0.2, -0.15) is 0 Å². The highest BCUT2D eigenvalue weighted by Gasteiger charge is 2.56. The van der Waals surface area contributed by atoms with Gasteiger partial charge in [0.15, 0.2) is 0 Å². The molecular weight excluding hydrogens is 581 g/mol. The maximum atomic E-state index is 7.87. The van der Waals surface area contributed by atoms with E-state index < -0.39 is 16.6 Å². The van der Waals surface area contributed by atoms with Crippen molar-refractivity contribution in [1.82, 2.24) is 0 Å². The minimum absolute atomic E-state index is 0.171. The van der Waals surface area contributed by atoms with Crippen LogP contribution in [0.4, 0.5) is 0 Å². The van der Waals surface area contributed by atoms with Gasteiger partial charge in [0.25, 0.3) is 8.32 Å². The fraction of sp³-hybridized carbons (Fsp3) is 0.220. The van der Waals surface area contributed by atoms with Gasteiger partial charge in [0.05, 0.1) is 0 Å². The average Bonchev–Trinajstić information content (AvgIpc) is 3.39. The molecule has 1 unspecified atom stereocenters. The van der Waals surface area contributed by atoms with Gasteiger partial charge in [0.1, 0.15) is 11.9 Å². The largest absolute Gasteiger partial charge is 0.535 e. The zero-order chi connectivity index (χ0) is 31.7. The van der Waals surface area contributed by atoms with Crippen LogP contribution in [0.5, 0.6) is 0 Å². The molecule has 0 bridgehead atoms. The van der Waals surface area contributed by atoms with Crippen LogP contribution in [0.25, 0.3) is 6.08 Å². The number of benzene rings is 5. The Bertz CT molecular complexity index is 1670. The van der Waals surface area contributed by atoms with E-state index in [0.29, 0.717) is 0 Å². The Hall–Kier alpha value is -3.97. The summed E-state index contributed by atoms with van der Waals surface area (Å²) < 4.78 is 15.6. The number of hydrogen-bond donors (Lipinski definition) is 0. The Morgan fingerprint density at radius 1 is 0.444 bits per heavy atom. The van der Waals surface area contributed by atoms with Crippen LogP contribution in [0.1, 0.15) is 58.8 Å². The Labute approximate surface area is 271 Å². The van der Waals surface area contributed by atoms with E-state index in [2.05, 4.69) is 193 Å². The van der Waals surface area contributed by atoms with Gasteiger partial charge in [-0.1, -0.05) is 187 Å². The molecule has 0 heterocycles. The highest BCUT2D eigenvalue weighted by molar-refractivity contribution is 7.00. The van der Waals surface area contributed by atoms with Crippen LogP contribution in [-0.4, -0.2) is 16.6 Å². The van der Waals surface area contributed by atoms with Crippen molar-refractivity contribution in [2.45, 2.75) is 57.7 Å². The third-order valence-corrected chi connectivity index (χ3v) is 19.2. The molecule has 2 nitrogen and oxygen atoms in total. The van der Waals surface area contributed by atoms with E-state index in [1.807, 2.05) is 0 Å². The van der Waals surface area contributed by atoms with Crippen LogP contribution in [0.3, 0.4) is 0 Å². The summed E-state index contributed by atoms with van der Waals surface area (Å²) in [6.45, 7) is 14.0. The standard InChI is InChI=1S/C41H44O2Si2/c1-40(2,3)44(33-22-11-7-12-23-33,34-24-13-8-14-25-34)42-38-31-32-21-19-20-30-37(32)39(38)43-45(41(4,5)6,35-26-15-9-16-27-35)36-28-17-10-18-29-36/h7-31,39H,1-6H3. The maximum Gasteiger partial charge on any atom is 0.319 e. The molecule has 6 rings (SSSR count). The van der Waals surface area contributed by atoms with Gasteiger partial charge in [-0.15, -0.1) is 0 Å². The van der Waals surface area contributed by atoms with Crippen molar-refractivity contribution in [3.05, 3.63) is 162 Å². The number of rotatable bonds is 8. The second kappa shape index (κ2) is 12.1. The smallest absolute Gasteiger partial charge is 0.319 e. The summed E-state index contributed by atoms with van der Waals surface area (Å²) in [5.41, 5.74) is 2.33. The SMILES string of the molecule is CC(C)(C)[Si](OC1=Cc2ccccc2C1O[Si](c1ccccc1)(c1ccccc1)C(C)(C)C)(c1ccccc1)c1ccccc1. The molecule has 1 atom stereocenters. The van der Waals surface area contributed by atoms with E-state index in [0.717, 1.165) is 11.3 Å². The predicted octanol–water partition coefficient (Wildman–Crippen LogP) is 8.24. The molecule has 0 radical (unpaired) electrons. The van der Waals surface area contributed by atoms with Crippen molar-refractivity contribution in [3.63, 3.8) is 0 Å². The van der Waals surface area contributed by atoms with Crippen LogP contribution in [0.15, 0.2) is 151 Å². The van der Waals surface area contributed by atoms with Gasteiger partial charge in [-0.25, -0.2) is 0 Å². The number of hydrogen-bond acceptors (Lipinski definition) is 2. The summed E-state index contributed by atoms with van der Waals surface area (Å²) in [7, 11) is -5.82. The van der Waals surface area contributed by atoms with Crippen molar-refractivity contribution in [1.29, 1.82) is 0 Å². The van der Waals surface area contributed by atoms with Gasteiger partial charge in [0.2, 0.25) is 0 Å². The van der Waals surface area contributed by atoms with Gasteiger partial charge >= 0.3 is 8.32 Å². The molecule has 1 aliphatic carbocycles. The minimum atomic E-state index is -2.91.